The zero-order chi connectivity index (χ0) is 17.9. The maximum absolute atomic E-state index is 12.3. The molecule has 1 amide bonds. The van der Waals surface area contributed by atoms with Gasteiger partial charge in [-0.3, -0.25) is 4.79 Å². The highest BCUT2D eigenvalue weighted by Gasteiger charge is 2.16. The fraction of sp³-hybridized carbons (Fsp3) is 0.167. The Morgan fingerprint density at radius 1 is 1.12 bits per heavy atom. The lowest BCUT2D eigenvalue weighted by molar-refractivity contribution is 0.0945. The number of ether oxygens (including phenoxy) is 2. The van der Waals surface area contributed by atoms with E-state index < -0.39 is 0 Å². The molecule has 1 aliphatic heterocycles. The van der Waals surface area contributed by atoms with Gasteiger partial charge in [0.2, 0.25) is 11.7 Å². The molecule has 1 aromatic heterocycles. The number of hydrogen-bond donors (Lipinski definition) is 1. The average molecular weight is 416 g/mol. The van der Waals surface area contributed by atoms with Crippen LogP contribution in [0.25, 0.3) is 11.4 Å². The molecule has 8 heteroatoms. The average Bonchev–Trinajstić information content (AvgIpc) is 3.15. The minimum absolute atomic E-state index is 0.133. The van der Waals surface area contributed by atoms with Gasteiger partial charge in [-0.2, -0.15) is 4.98 Å². The third-order valence-corrected chi connectivity index (χ3v) is 4.25. The Bertz CT molecular complexity index is 957. The molecule has 1 aliphatic rings. The van der Waals surface area contributed by atoms with E-state index in [0.29, 0.717) is 42.0 Å². The molecule has 7 nitrogen and oxygen atoms in total. The molecule has 0 radical (unpaired) electrons. The summed E-state index contributed by atoms with van der Waals surface area (Å²) >= 11 is 3.41. The highest BCUT2D eigenvalue weighted by Crippen LogP contribution is 2.30. The number of rotatable bonds is 4. The first-order valence-electron chi connectivity index (χ1n) is 7.95. The van der Waals surface area contributed by atoms with Crippen molar-refractivity contribution < 1.29 is 18.8 Å². The van der Waals surface area contributed by atoms with E-state index in [-0.39, 0.29) is 12.5 Å². The Labute approximate surface area is 157 Å². The highest BCUT2D eigenvalue weighted by atomic mass is 79.9. The van der Waals surface area contributed by atoms with Crippen LogP contribution in [0, 0.1) is 0 Å². The maximum atomic E-state index is 12.3. The van der Waals surface area contributed by atoms with Crippen molar-refractivity contribution in [1.82, 2.24) is 15.5 Å². The second kappa shape index (κ2) is 7.17. The molecular formula is C18H14BrN3O4. The van der Waals surface area contributed by atoms with Crippen molar-refractivity contribution in [3.05, 3.63) is 58.4 Å². The largest absolute Gasteiger partial charge is 0.486 e. The van der Waals surface area contributed by atoms with Gasteiger partial charge in [0.1, 0.15) is 13.2 Å². The van der Waals surface area contributed by atoms with Crippen LogP contribution in [-0.2, 0) is 6.54 Å². The van der Waals surface area contributed by atoms with Crippen LogP contribution in [-0.4, -0.2) is 29.3 Å². The molecule has 0 unspecified atom stereocenters. The van der Waals surface area contributed by atoms with Crippen molar-refractivity contribution in [1.29, 1.82) is 0 Å². The van der Waals surface area contributed by atoms with Crippen LogP contribution < -0.4 is 14.8 Å². The molecule has 2 aromatic carbocycles. The molecule has 0 saturated heterocycles. The number of hydrogen-bond acceptors (Lipinski definition) is 6. The quantitative estimate of drug-likeness (QED) is 0.703. The van der Waals surface area contributed by atoms with Gasteiger partial charge in [-0.05, 0) is 30.3 Å². The second-order valence-electron chi connectivity index (χ2n) is 5.56. The van der Waals surface area contributed by atoms with Crippen LogP contribution in [0.1, 0.15) is 16.2 Å². The summed E-state index contributed by atoms with van der Waals surface area (Å²) in [7, 11) is 0. The molecular weight excluding hydrogens is 402 g/mol. The predicted octanol–water partition coefficient (Wildman–Crippen LogP) is 3.20. The van der Waals surface area contributed by atoms with Crippen molar-refractivity contribution in [2.24, 2.45) is 0 Å². The van der Waals surface area contributed by atoms with Crippen molar-refractivity contribution >= 4 is 21.8 Å². The van der Waals surface area contributed by atoms with E-state index in [9.17, 15) is 4.79 Å². The zero-order valence-electron chi connectivity index (χ0n) is 13.6. The van der Waals surface area contributed by atoms with Crippen molar-refractivity contribution in [2.75, 3.05) is 13.2 Å². The van der Waals surface area contributed by atoms with Crippen molar-refractivity contribution in [2.45, 2.75) is 6.54 Å². The van der Waals surface area contributed by atoms with E-state index in [4.69, 9.17) is 14.0 Å². The van der Waals surface area contributed by atoms with Crippen LogP contribution in [0.4, 0.5) is 0 Å². The topological polar surface area (TPSA) is 86.5 Å². The van der Waals surface area contributed by atoms with Crippen LogP contribution in [0.5, 0.6) is 11.5 Å². The number of aromatic nitrogens is 2. The summed E-state index contributed by atoms with van der Waals surface area (Å²) in [5.74, 6) is 1.74. The highest BCUT2D eigenvalue weighted by molar-refractivity contribution is 9.10. The normalized spacial score (nSPS) is 12.7. The molecule has 0 aliphatic carbocycles. The summed E-state index contributed by atoms with van der Waals surface area (Å²) in [6, 6.07) is 12.6. The Balaban J connectivity index is 1.42. The Hall–Kier alpha value is -2.87. The number of carbonyl (C=O) groups excluding carboxylic acids is 1. The lowest BCUT2D eigenvalue weighted by Gasteiger charge is -2.18. The third kappa shape index (κ3) is 3.55. The van der Waals surface area contributed by atoms with Gasteiger partial charge in [-0.15, -0.1) is 0 Å². The fourth-order valence-corrected chi connectivity index (χ4v) is 2.91. The van der Waals surface area contributed by atoms with Gasteiger partial charge in [0, 0.05) is 15.6 Å². The van der Waals surface area contributed by atoms with Gasteiger partial charge in [-0.25, -0.2) is 0 Å². The molecule has 26 heavy (non-hydrogen) atoms. The minimum Gasteiger partial charge on any atom is -0.486 e. The molecule has 1 N–H and O–H groups in total. The van der Waals surface area contributed by atoms with Crippen molar-refractivity contribution in [3.8, 4) is 22.9 Å². The first-order chi connectivity index (χ1) is 12.7. The number of nitrogens with zero attached hydrogens (tertiary/aromatic N) is 2. The molecule has 3 aromatic rings. The van der Waals surface area contributed by atoms with E-state index >= 15 is 0 Å². The lowest BCUT2D eigenvalue weighted by Crippen LogP contribution is -2.23. The molecule has 2 heterocycles. The smallest absolute Gasteiger partial charge is 0.251 e. The fourth-order valence-electron chi connectivity index (χ4n) is 2.51. The number of benzene rings is 2. The summed E-state index contributed by atoms with van der Waals surface area (Å²) < 4.78 is 17.1. The Morgan fingerprint density at radius 3 is 2.81 bits per heavy atom. The first-order valence-corrected chi connectivity index (χ1v) is 8.75. The molecule has 0 atom stereocenters. The Morgan fingerprint density at radius 2 is 1.96 bits per heavy atom. The van der Waals surface area contributed by atoms with E-state index in [1.165, 1.54) is 0 Å². The van der Waals surface area contributed by atoms with Crippen LogP contribution in [0.2, 0.25) is 0 Å². The maximum Gasteiger partial charge on any atom is 0.251 e. The number of fused-ring (bicyclic) bond motifs is 1. The van der Waals surface area contributed by atoms with E-state index in [1.807, 2.05) is 24.3 Å². The van der Waals surface area contributed by atoms with E-state index in [1.54, 1.807) is 18.2 Å². The monoisotopic (exact) mass is 415 g/mol. The van der Waals surface area contributed by atoms with Crippen LogP contribution in [0.3, 0.4) is 0 Å². The molecule has 0 saturated carbocycles. The van der Waals surface area contributed by atoms with Gasteiger partial charge < -0.3 is 19.3 Å². The Kier molecular flexibility index (Phi) is 4.57. The van der Waals surface area contributed by atoms with Gasteiger partial charge in [0.05, 0.1) is 6.54 Å². The summed E-state index contributed by atoms with van der Waals surface area (Å²) in [5.41, 5.74) is 1.30. The van der Waals surface area contributed by atoms with Crippen LogP contribution >= 0.6 is 15.9 Å². The van der Waals surface area contributed by atoms with Gasteiger partial charge in [0.15, 0.2) is 11.5 Å². The summed E-state index contributed by atoms with van der Waals surface area (Å²) in [6.07, 6.45) is 0. The molecule has 0 fully saturated rings. The zero-order valence-corrected chi connectivity index (χ0v) is 15.2. The second-order valence-corrected chi connectivity index (χ2v) is 6.48. The molecule has 0 spiro atoms. The van der Waals surface area contributed by atoms with Gasteiger partial charge >= 0.3 is 0 Å². The van der Waals surface area contributed by atoms with Crippen molar-refractivity contribution in [3.63, 3.8) is 0 Å². The number of amides is 1. The SMILES string of the molecule is O=C(NCc1nc(-c2cccc(Br)c2)no1)c1ccc2c(c1)OCCO2. The van der Waals surface area contributed by atoms with Gasteiger partial charge in [0.25, 0.3) is 5.91 Å². The number of nitrogens with one attached hydrogen (secondary N) is 1. The summed E-state index contributed by atoms with van der Waals surface area (Å²) in [5, 5.41) is 6.70. The predicted molar refractivity (Wildman–Crippen MR) is 96.0 cm³/mol. The van der Waals surface area contributed by atoms with E-state index in [0.717, 1.165) is 10.0 Å². The lowest BCUT2D eigenvalue weighted by atomic mass is 10.2. The summed E-state index contributed by atoms with van der Waals surface area (Å²) in [4.78, 5) is 16.6. The summed E-state index contributed by atoms with van der Waals surface area (Å²) in [6.45, 7) is 1.11. The van der Waals surface area contributed by atoms with E-state index in [2.05, 4.69) is 31.4 Å². The standard InChI is InChI=1S/C18H14BrN3O4/c19-13-3-1-2-11(8-13)17-21-16(26-22-17)10-20-18(23)12-4-5-14-15(9-12)25-7-6-24-14/h1-5,8-9H,6-7,10H2,(H,20,23). The third-order valence-electron chi connectivity index (χ3n) is 3.76. The molecule has 4 rings (SSSR count). The van der Waals surface area contributed by atoms with Crippen LogP contribution in [0.15, 0.2) is 51.5 Å². The molecule has 0 bridgehead atoms. The number of halogens is 1. The first kappa shape index (κ1) is 16.6. The molecule has 132 valence electrons. The van der Waals surface area contributed by atoms with Gasteiger partial charge in [-0.1, -0.05) is 33.2 Å². The number of carbonyl (C=O) groups is 1. The minimum atomic E-state index is -0.260.